The zero-order valence-electron chi connectivity index (χ0n) is 27.0. The number of benzene rings is 4. The largest absolute Gasteiger partial charge is 0.393 e. The molecule has 0 atom stereocenters. The fourth-order valence-corrected chi connectivity index (χ4v) is 5.94. The van der Waals surface area contributed by atoms with Crippen LogP contribution >= 0.6 is 0 Å². The van der Waals surface area contributed by atoms with Gasteiger partial charge in [-0.05, 0) is 110 Å². The topological polar surface area (TPSA) is 163 Å². The maximum atomic E-state index is 12.6. The van der Waals surface area contributed by atoms with Gasteiger partial charge in [0, 0.05) is 39.6 Å². The molecule has 4 aromatic rings. The Morgan fingerprint density at radius 3 is 1.06 bits per heavy atom. The standard InChI is InChI=1S/C33H38N6O7S2/c1-38(2)29-13-5-25(6-14-29)34-36-27-9-17-32(18-10-27)47(41,42)45-23-21-31(40)22-24-46-48(43,44)33-19-11-28(12-20-33)37-35-26-7-15-30(16-8-26)39(3)4/h5-20,31,40H,21-24H2,1-4H3. The summed E-state index contributed by atoms with van der Waals surface area (Å²) in [7, 11) is -0.430. The lowest BCUT2D eigenvalue weighted by Gasteiger charge is -2.12. The number of azo groups is 2. The van der Waals surface area contributed by atoms with E-state index in [2.05, 4.69) is 20.5 Å². The summed E-state index contributed by atoms with van der Waals surface area (Å²) in [6.07, 6.45) is -1.17. The first-order chi connectivity index (χ1) is 22.8. The Balaban J connectivity index is 1.19. The molecule has 0 heterocycles. The summed E-state index contributed by atoms with van der Waals surface area (Å²) in [6.45, 7) is -0.618. The lowest BCUT2D eigenvalue weighted by atomic mass is 10.2. The van der Waals surface area contributed by atoms with Crippen molar-refractivity contribution >= 4 is 54.4 Å². The van der Waals surface area contributed by atoms with Gasteiger partial charge in [0.15, 0.2) is 0 Å². The summed E-state index contributed by atoms with van der Waals surface area (Å²) >= 11 is 0. The summed E-state index contributed by atoms with van der Waals surface area (Å²) in [6, 6.07) is 26.4. The Morgan fingerprint density at radius 1 is 0.521 bits per heavy atom. The van der Waals surface area contributed by atoms with Gasteiger partial charge in [-0.1, -0.05) is 0 Å². The predicted molar refractivity (Wildman–Crippen MR) is 184 cm³/mol. The van der Waals surface area contributed by atoms with Crippen LogP contribution in [0.1, 0.15) is 12.8 Å². The van der Waals surface area contributed by atoms with Crippen molar-refractivity contribution < 1.29 is 30.3 Å². The lowest BCUT2D eigenvalue weighted by Crippen LogP contribution is -2.17. The van der Waals surface area contributed by atoms with Crippen LogP contribution in [0.3, 0.4) is 0 Å². The molecule has 4 rings (SSSR count). The Labute approximate surface area is 281 Å². The Morgan fingerprint density at radius 2 is 0.792 bits per heavy atom. The van der Waals surface area contributed by atoms with Crippen molar-refractivity contribution in [2.45, 2.75) is 28.7 Å². The van der Waals surface area contributed by atoms with Crippen molar-refractivity contribution in [2.75, 3.05) is 51.2 Å². The molecule has 0 spiro atoms. The minimum atomic E-state index is -4.09. The highest BCUT2D eigenvalue weighted by molar-refractivity contribution is 7.87. The Kier molecular flexibility index (Phi) is 12.5. The Hall–Kier alpha value is -4.54. The van der Waals surface area contributed by atoms with Gasteiger partial charge in [0.25, 0.3) is 20.2 Å². The zero-order chi connectivity index (χ0) is 34.7. The van der Waals surface area contributed by atoms with Crippen LogP contribution in [-0.2, 0) is 28.6 Å². The molecule has 0 bridgehead atoms. The summed E-state index contributed by atoms with van der Waals surface area (Å²) in [5, 5.41) is 26.8. The number of aliphatic hydroxyl groups is 1. The molecular formula is C33H38N6O7S2. The van der Waals surface area contributed by atoms with E-state index in [0.29, 0.717) is 22.7 Å². The maximum absolute atomic E-state index is 12.6. The molecule has 0 unspecified atom stereocenters. The third-order valence-corrected chi connectivity index (χ3v) is 9.58. The van der Waals surface area contributed by atoms with Gasteiger partial charge in [-0.15, -0.1) is 0 Å². The van der Waals surface area contributed by atoms with Crippen LogP contribution in [-0.4, -0.2) is 69.5 Å². The van der Waals surface area contributed by atoms with E-state index in [1.54, 1.807) is 0 Å². The van der Waals surface area contributed by atoms with Gasteiger partial charge >= 0.3 is 0 Å². The first-order valence-electron chi connectivity index (χ1n) is 14.9. The number of hydrogen-bond acceptors (Lipinski definition) is 13. The van der Waals surface area contributed by atoms with Gasteiger partial charge in [0.1, 0.15) is 0 Å². The minimum Gasteiger partial charge on any atom is -0.393 e. The van der Waals surface area contributed by atoms with Crippen LogP contribution in [0.5, 0.6) is 0 Å². The van der Waals surface area contributed by atoms with E-state index in [9.17, 15) is 21.9 Å². The van der Waals surface area contributed by atoms with Crippen molar-refractivity contribution in [1.29, 1.82) is 0 Å². The summed E-state index contributed by atoms with van der Waals surface area (Å²) < 4.78 is 60.4. The van der Waals surface area contributed by atoms with Gasteiger partial charge in [-0.2, -0.15) is 37.3 Å². The maximum Gasteiger partial charge on any atom is 0.296 e. The van der Waals surface area contributed by atoms with Gasteiger partial charge in [0.05, 0.1) is 51.9 Å². The molecule has 1 N–H and O–H groups in total. The predicted octanol–water partition coefficient (Wildman–Crippen LogP) is 6.90. The SMILES string of the molecule is CN(C)c1ccc(N=Nc2ccc(S(=O)(=O)OCCC(O)CCOS(=O)(=O)c3ccc(N=Nc4ccc(N(C)C)cc4)cc3)cc2)cc1. The van der Waals surface area contributed by atoms with E-state index < -0.39 is 26.3 Å². The number of aliphatic hydroxyl groups excluding tert-OH is 1. The number of nitrogens with zero attached hydrogens (tertiary/aromatic N) is 6. The second-order valence-electron chi connectivity index (χ2n) is 11.0. The van der Waals surface area contributed by atoms with Crippen LogP contribution in [0, 0.1) is 0 Å². The number of rotatable bonds is 16. The molecule has 0 saturated carbocycles. The van der Waals surface area contributed by atoms with E-state index >= 15 is 0 Å². The number of anilines is 2. The third kappa shape index (κ3) is 10.7. The first kappa shape index (κ1) is 36.3. The van der Waals surface area contributed by atoms with Crippen LogP contribution in [0.2, 0.25) is 0 Å². The lowest BCUT2D eigenvalue weighted by molar-refractivity contribution is 0.115. The highest BCUT2D eigenvalue weighted by Gasteiger charge is 2.18. The molecular weight excluding hydrogens is 657 g/mol. The molecule has 254 valence electrons. The van der Waals surface area contributed by atoms with Crippen molar-refractivity contribution in [3.8, 4) is 0 Å². The fraction of sp³-hybridized carbons (Fsp3) is 0.273. The molecule has 0 aromatic heterocycles. The van der Waals surface area contributed by atoms with Crippen molar-refractivity contribution in [3.63, 3.8) is 0 Å². The first-order valence-corrected chi connectivity index (χ1v) is 17.7. The smallest absolute Gasteiger partial charge is 0.296 e. The van der Waals surface area contributed by atoms with Gasteiger partial charge < -0.3 is 14.9 Å². The zero-order valence-corrected chi connectivity index (χ0v) is 28.7. The average Bonchev–Trinajstić information content (AvgIpc) is 3.07. The van der Waals surface area contributed by atoms with E-state index in [4.69, 9.17) is 8.37 Å². The van der Waals surface area contributed by atoms with Crippen LogP contribution in [0.25, 0.3) is 0 Å². The van der Waals surface area contributed by atoms with Gasteiger partial charge in [-0.3, -0.25) is 8.37 Å². The van der Waals surface area contributed by atoms with E-state index in [0.717, 1.165) is 11.4 Å². The molecule has 0 amide bonds. The molecule has 0 saturated heterocycles. The molecule has 0 radical (unpaired) electrons. The van der Waals surface area contributed by atoms with Crippen LogP contribution in [0.4, 0.5) is 34.1 Å². The van der Waals surface area contributed by atoms with E-state index in [-0.39, 0.29) is 35.8 Å². The van der Waals surface area contributed by atoms with Crippen molar-refractivity contribution in [3.05, 3.63) is 97.1 Å². The second-order valence-corrected chi connectivity index (χ2v) is 14.2. The molecule has 0 aliphatic carbocycles. The normalized spacial score (nSPS) is 12.9. The minimum absolute atomic E-state index is 0.0564. The molecule has 4 aromatic carbocycles. The monoisotopic (exact) mass is 694 g/mol. The second kappa shape index (κ2) is 16.5. The quantitative estimate of drug-likeness (QED) is 0.0971. The Bertz CT molecular complexity index is 1760. The van der Waals surface area contributed by atoms with Crippen molar-refractivity contribution in [2.24, 2.45) is 20.5 Å². The summed E-state index contributed by atoms with van der Waals surface area (Å²) in [4.78, 5) is 3.78. The molecule has 13 nitrogen and oxygen atoms in total. The summed E-state index contributed by atoms with van der Waals surface area (Å²) in [5.74, 6) is 0. The third-order valence-electron chi connectivity index (χ3n) is 6.92. The highest BCUT2D eigenvalue weighted by atomic mass is 32.2. The van der Waals surface area contributed by atoms with Gasteiger partial charge in [0.2, 0.25) is 0 Å². The highest BCUT2D eigenvalue weighted by Crippen LogP contribution is 2.25. The molecule has 15 heteroatoms. The molecule has 0 fully saturated rings. The fourth-order valence-electron chi connectivity index (χ4n) is 4.09. The van der Waals surface area contributed by atoms with Gasteiger partial charge in [-0.25, -0.2) is 0 Å². The number of hydrogen-bond donors (Lipinski definition) is 1. The molecule has 0 aliphatic heterocycles. The molecule has 0 aliphatic rings. The van der Waals surface area contributed by atoms with Crippen molar-refractivity contribution in [1.82, 2.24) is 0 Å². The van der Waals surface area contributed by atoms with Crippen LogP contribution in [0.15, 0.2) is 127 Å². The van der Waals surface area contributed by atoms with E-state index in [1.165, 1.54) is 48.5 Å². The summed E-state index contributed by atoms with van der Waals surface area (Å²) in [5.41, 5.74) is 4.27. The van der Waals surface area contributed by atoms with E-state index in [1.807, 2.05) is 86.5 Å². The average molecular weight is 695 g/mol. The molecule has 48 heavy (non-hydrogen) atoms. The van der Waals surface area contributed by atoms with Crippen LogP contribution < -0.4 is 9.80 Å².